The van der Waals surface area contributed by atoms with Crippen LogP contribution in [0.3, 0.4) is 0 Å². The maximum atomic E-state index is 12.6. The van der Waals surface area contributed by atoms with Crippen molar-refractivity contribution in [3.8, 4) is 5.75 Å². The van der Waals surface area contributed by atoms with Gasteiger partial charge in [-0.2, -0.15) is 0 Å². The van der Waals surface area contributed by atoms with Crippen LogP contribution in [-0.4, -0.2) is 36.9 Å². The summed E-state index contributed by atoms with van der Waals surface area (Å²) in [7, 11) is 1.65. The molecule has 0 amide bonds. The van der Waals surface area contributed by atoms with Crippen molar-refractivity contribution in [2.75, 3.05) is 25.1 Å². The highest BCUT2D eigenvalue weighted by atomic mass is 16.5. The van der Waals surface area contributed by atoms with Crippen LogP contribution in [0, 0.1) is 5.92 Å². The number of fused-ring (bicyclic) bond motifs is 1. The van der Waals surface area contributed by atoms with E-state index in [1.807, 2.05) is 6.07 Å². The van der Waals surface area contributed by atoms with Gasteiger partial charge in [-0.1, -0.05) is 0 Å². The molecule has 2 fully saturated rings. The summed E-state index contributed by atoms with van der Waals surface area (Å²) in [5.41, 5.74) is 8.83. The van der Waals surface area contributed by atoms with Crippen LogP contribution in [0.4, 0.5) is 5.69 Å². The monoisotopic (exact) mass is 355 g/mol. The number of methoxy groups -OCH3 is 1. The lowest BCUT2D eigenvalue weighted by Gasteiger charge is -2.24. The van der Waals surface area contributed by atoms with Crippen LogP contribution in [0.1, 0.15) is 48.0 Å². The van der Waals surface area contributed by atoms with Gasteiger partial charge in [-0.3, -0.25) is 14.0 Å². The van der Waals surface area contributed by atoms with Crippen molar-refractivity contribution < 1.29 is 9.53 Å². The molecule has 1 saturated carbocycles. The highest BCUT2D eigenvalue weighted by Crippen LogP contribution is 2.46. The minimum Gasteiger partial charge on any atom is -0.492 e. The molecule has 3 heterocycles. The van der Waals surface area contributed by atoms with E-state index in [1.54, 1.807) is 23.8 Å². The van der Waals surface area contributed by atoms with Crippen molar-refractivity contribution in [3.05, 3.63) is 39.8 Å². The Morgan fingerprint density at radius 3 is 2.69 bits per heavy atom. The molecule has 0 bridgehead atoms. The third-order valence-corrected chi connectivity index (χ3v) is 5.78. The van der Waals surface area contributed by atoms with Gasteiger partial charge in [0.05, 0.1) is 23.9 Å². The summed E-state index contributed by atoms with van der Waals surface area (Å²) in [6.45, 7) is 3.87. The molecule has 6 nitrogen and oxygen atoms in total. The summed E-state index contributed by atoms with van der Waals surface area (Å²) in [6.07, 6.45) is 5.63. The van der Waals surface area contributed by atoms with Crippen LogP contribution in [0.15, 0.2) is 23.1 Å². The van der Waals surface area contributed by atoms with Crippen molar-refractivity contribution >= 4 is 17.5 Å². The van der Waals surface area contributed by atoms with E-state index in [4.69, 9.17) is 10.5 Å². The first-order chi connectivity index (χ1) is 12.5. The van der Waals surface area contributed by atoms with Gasteiger partial charge in [-0.15, -0.1) is 0 Å². The number of nitrogens with zero attached hydrogens (tertiary/aromatic N) is 2. The lowest BCUT2D eigenvalue weighted by Crippen LogP contribution is -2.30. The third-order valence-electron chi connectivity index (χ3n) is 5.78. The third kappa shape index (κ3) is 2.69. The molecule has 26 heavy (non-hydrogen) atoms. The number of anilines is 1. The lowest BCUT2D eigenvalue weighted by atomic mass is 10.0. The van der Waals surface area contributed by atoms with E-state index in [0.29, 0.717) is 23.9 Å². The van der Waals surface area contributed by atoms with Crippen molar-refractivity contribution in [3.63, 3.8) is 0 Å². The molecule has 2 aromatic rings. The normalized spacial score (nSPS) is 21.2. The zero-order chi connectivity index (χ0) is 18.4. The highest BCUT2D eigenvalue weighted by molar-refractivity contribution is 5.82. The van der Waals surface area contributed by atoms with Crippen molar-refractivity contribution in [1.82, 2.24) is 4.40 Å². The van der Waals surface area contributed by atoms with E-state index in [9.17, 15) is 9.59 Å². The van der Waals surface area contributed by atoms with Crippen LogP contribution in [0.5, 0.6) is 5.75 Å². The van der Waals surface area contributed by atoms with Gasteiger partial charge in [0.25, 0.3) is 5.56 Å². The van der Waals surface area contributed by atoms with Gasteiger partial charge in [-0.25, -0.2) is 0 Å². The maximum Gasteiger partial charge on any atom is 0.265 e. The van der Waals surface area contributed by atoms with Gasteiger partial charge >= 0.3 is 0 Å². The first kappa shape index (κ1) is 17.1. The molecule has 2 unspecified atom stereocenters. The second-order valence-electron chi connectivity index (χ2n) is 7.56. The smallest absolute Gasteiger partial charge is 0.265 e. The number of aldehydes is 1. The Labute approximate surface area is 152 Å². The first-order valence-electron chi connectivity index (χ1n) is 9.27. The van der Waals surface area contributed by atoms with Crippen molar-refractivity contribution in [2.45, 2.75) is 38.1 Å². The molecule has 2 N–H and O–H groups in total. The fourth-order valence-corrected chi connectivity index (χ4v) is 4.08. The SMILES string of the molecule is COc1c(N2CCC(C(C)N)C2)ccn2c(=O)c(C=O)cc(C3CC3)c12. The summed E-state index contributed by atoms with van der Waals surface area (Å²) < 4.78 is 7.36. The largest absolute Gasteiger partial charge is 0.492 e. The van der Waals surface area contributed by atoms with E-state index in [2.05, 4.69) is 11.8 Å². The van der Waals surface area contributed by atoms with E-state index < -0.39 is 0 Å². The second kappa shape index (κ2) is 6.43. The average Bonchev–Trinajstić information content (AvgIpc) is 3.36. The minimum absolute atomic E-state index is 0.159. The van der Waals surface area contributed by atoms with E-state index in [-0.39, 0.29) is 17.2 Å². The number of ether oxygens (including phenoxy) is 1. The molecule has 1 aliphatic heterocycles. The molecular formula is C20H25N3O3. The van der Waals surface area contributed by atoms with Crippen LogP contribution in [0.2, 0.25) is 0 Å². The summed E-state index contributed by atoms with van der Waals surface area (Å²) in [5, 5.41) is 0. The molecule has 2 aromatic heterocycles. The first-order valence-corrected chi connectivity index (χ1v) is 9.27. The highest BCUT2D eigenvalue weighted by Gasteiger charge is 2.31. The fourth-order valence-electron chi connectivity index (χ4n) is 4.08. The molecule has 4 rings (SSSR count). The summed E-state index contributed by atoms with van der Waals surface area (Å²) in [6, 6.07) is 3.83. The molecule has 0 radical (unpaired) electrons. The van der Waals surface area contributed by atoms with Crippen LogP contribution >= 0.6 is 0 Å². The number of hydrogen-bond acceptors (Lipinski definition) is 5. The molecule has 2 aliphatic rings. The summed E-state index contributed by atoms with van der Waals surface area (Å²) in [5.74, 6) is 1.57. The molecule has 0 spiro atoms. The van der Waals surface area contributed by atoms with Crippen molar-refractivity contribution in [1.29, 1.82) is 0 Å². The Balaban J connectivity index is 1.90. The number of pyridine rings is 2. The number of hydrogen-bond donors (Lipinski definition) is 1. The molecule has 2 atom stereocenters. The standard InChI is InChI=1S/C20H25N3O3/c1-12(21)14-5-7-22(10-14)17-6-8-23-18(19(17)26-2)16(13-3-4-13)9-15(11-24)20(23)25/h6,8-9,11-14H,3-5,7,10,21H2,1-2H3. The van der Waals surface area contributed by atoms with Gasteiger partial charge in [0.15, 0.2) is 12.0 Å². The predicted octanol–water partition coefficient (Wildman–Crippen LogP) is 2.17. The number of rotatable bonds is 5. The molecule has 1 saturated heterocycles. The minimum atomic E-state index is -0.292. The number of carbonyl (C=O) groups excluding carboxylic acids is 1. The predicted molar refractivity (Wildman–Crippen MR) is 102 cm³/mol. The van der Waals surface area contributed by atoms with E-state index in [1.165, 1.54) is 0 Å². The van der Waals surface area contributed by atoms with E-state index >= 15 is 0 Å². The molecule has 0 aromatic carbocycles. The summed E-state index contributed by atoms with van der Waals surface area (Å²) in [4.78, 5) is 26.3. The Morgan fingerprint density at radius 1 is 1.35 bits per heavy atom. The van der Waals surface area contributed by atoms with Gasteiger partial charge in [0.1, 0.15) is 0 Å². The Morgan fingerprint density at radius 2 is 2.12 bits per heavy atom. The molecule has 138 valence electrons. The Bertz CT molecular complexity index is 915. The maximum absolute atomic E-state index is 12.6. The Kier molecular flexibility index (Phi) is 4.23. The van der Waals surface area contributed by atoms with Gasteiger partial charge < -0.3 is 15.4 Å². The van der Waals surface area contributed by atoms with Gasteiger partial charge in [0.2, 0.25) is 0 Å². The van der Waals surface area contributed by atoms with Crippen LogP contribution in [-0.2, 0) is 0 Å². The average molecular weight is 355 g/mol. The zero-order valence-electron chi connectivity index (χ0n) is 15.3. The number of nitrogens with two attached hydrogens (primary N) is 1. The fraction of sp³-hybridized carbons (Fsp3) is 0.500. The van der Waals surface area contributed by atoms with Crippen molar-refractivity contribution in [2.24, 2.45) is 11.7 Å². The van der Waals surface area contributed by atoms with Crippen LogP contribution in [0.25, 0.3) is 5.52 Å². The lowest BCUT2D eigenvalue weighted by molar-refractivity contribution is 0.112. The Hall–Kier alpha value is -2.34. The topological polar surface area (TPSA) is 77.0 Å². The quantitative estimate of drug-likeness (QED) is 0.832. The summed E-state index contributed by atoms with van der Waals surface area (Å²) >= 11 is 0. The van der Waals surface area contributed by atoms with Gasteiger partial charge in [-0.05, 0) is 55.7 Å². The number of aromatic nitrogens is 1. The van der Waals surface area contributed by atoms with Crippen LogP contribution < -0.4 is 20.9 Å². The van der Waals surface area contributed by atoms with E-state index in [0.717, 1.165) is 49.1 Å². The molecule has 1 aliphatic carbocycles. The van der Waals surface area contributed by atoms with Gasteiger partial charge in [0, 0.05) is 25.3 Å². The second-order valence-corrected chi connectivity index (χ2v) is 7.56. The number of carbonyl (C=O) groups is 1. The zero-order valence-corrected chi connectivity index (χ0v) is 15.3. The molecular weight excluding hydrogens is 330 g/mol. The molecule has 6 heteroatoms.